The number of ether oxygens (including phenoxy) is 1. The predicted octanol–water partition coefficient (Wildman–Crippen LogP) is 6.74. The van der Waals surface area contributed by atoms with E-state index in [2.05, 4.69) is 44.2 Å². The van der Waals surface area contributed by atoms with Gasteiger partial charge in [-0.3, -0.25) is 4.79 Å². The average Bonchev–Trinajstić information content (AvgIpc) is 2.69. The highest BCUT2D eigenvalue weighted by molar-refractivity contribution is 5.73. The summed E-state index contributed by atoms with van der Waals surface area (Å²) >= 11 is 0. The van der Waals surface area contributed by atoms with Crippen LogP contribution in [0.25, 0.3) is 11.1 Å². The summed E-state index contributed by atoms with van der Waals surface area (Å²) in [6.07, 6.45) is 9.97. The molecule has 0 saturated heterocycles. The van der Waals surface area contributed by atoms with Crippen molar-refractivity contribution in [1.82, 2.24) is 0 Å². The highest BCUT2D eigenvalue weighted by atomic mass is 16.5. The summed E-state index contributed by atoms with van der Waals surface area (Å²) in [5.74, 6) is 1.37. The van der Waals surface area contributed by atoms with Crippen molar-refractivity contribution in [3.63, 3.8) is 0 Å². The number of hydrogen-bond donors (Lipinski definition) is 0. The molecule has 0 saturated carbocycles. The lowest BCUT2D eigenvalue weighted by molar-refractivity contribution is -0.134. The Balaban J connectivity index is 1.63. The van der Waals surface area contributed by atoms with Crippen LogP contribution < -0.4 is 4.74 Å². The molecule has 2 nitrogen and oxygen atoms in total. The van der Waals surface area contributed by atoms with Crippen LogP contribution in [0.3, 0.4) is 0 Å². The van der Waals surface area contributed by atoms with E-state index in [9.17, 15) is 4.79 Å². The van der Waals surface area contributed by atoms with Gasteiger partial charge in [0.05, 0.1) is 0 Å². The molecular formula is C25H32O2. The van der Waals surface area contributed by atoms with Gasteiger partial charge in [-0.1, -0.05) is 69.9 Å². The van der Waals surface area contributed by atoms with Crippen LogP contribution >= 0.6 is 0 Å². The van der Waals surface area contributed by atoms with E-state index in [-0.39, 0.29) is 5.97 Å². The van der Waals surface area contributed by atoms with Gasteiger partial charge in [-0.2, -0.15) is 0 Å². The number of rotatable bonds is 8. The molecule has 2 heteroatoms. The molecule has 144 valence electrons. The van der Waals surface area contributed by atoms with Crippen LogP contribution in [0.1, 0.15) is 69.9 Å². The number of esters is 1. The van der Waals surface area contributed by atoms with Crippen molar-refractivity contribution < 1.29 is 9.53 Å². The van der Waals surface area contributed by atoms with E-state index < -0.39 is 0 Å². The van der Waals surface area contributed by atoms with Gasteiger partial charge in [0.25, 0.3) is 0 Å². The van der Waals surface area contributed by atoms with Crippen molar-refractivity contribution in [1.29, 1.82) is 0 Å². The SMILES string of the molecule is CCCCCC(=O)Oc1ccc(-c2ccc3c(c2)CCC(CCC)C3)cc1. The van der Waals surface area contributed by atoms with Crippen LogP contribution in [0.15, 0.2) is 42.5 Å². The van der Waals surface area contributed by atoms with Crippen LogP contribution in [0.5, 0.6) is 5.75 Å². The maximum Gasteiger partial charge on any atom is 0.311 e. The van der Waals surface area contributed by atoms with Gasteiger partial charge >= 0.3 is 5.97 Å². The monoisotopic (exact) mass is 364 g/mol. The first-order valence-corrected chi connectivity index (χ1v) is 10.6. The quantitative estimate of drug-likeness (QED) is 0.294. The molecule has 2 aromatic carbocycles. The van der Waals surface area contributed by atoms with Crippen LogP contribution in [0.2, 0.25) is 0 Å². The van der Waals surface area contributed by atoms with Gasteiger partial charge in [-0.15, -0.1) is 0 Å². The number of benzene rings is 2. The van der Waals surface area contributed by atoms with Gasteiger partial charge in [-0.25, -0.2) is 0 Å². The zero-order chi connectivity index (χ0) is 19.1. The molecule has 0 aromatic heterocycles. The summed E-state index contributed by atoms with van der Waals surface area (Å²) in [6, 6.07) is 14.8. The lowest BCUT2D eigenvalue weighted by Gasteiger charge is -2.24. The van der Waals surface area contributed by atoms with E-state index in [0.717, 1.165) is 25.2 Å². The molecule has 1 atom stereocenters. The Bertz CT molecular complexity index is 745. The summed E-state index contributed by atoms with van der Waals surface area (Å²) in [5, 5.41) is 0. The Labute approximate surface area is 164 Å². The summed E-state index contributed by atoms with van der Waals surface area (Å²) in [4.78, 5) is 11.9. The third-order valence-corrected chi connectivity index (χ3v) is 5.64. The molecule has 2 aromatic rings. The van der Waals surface area contributed by atoms with Crippen molar-refractivity contribution >= 4 is 5.97 Å². The molecule has 0 bridgehead atoms. The zero-order valence-corrected chi connectivity index (χ0v) is 16.8. The molecule has 0 spiro atoms. The van der Waals surface area contributed by atoms with E-state index in [4.69, 9.17) is 4.74 Å². The fourth-order valence-corrected chi connectivity index (χ4v) is 4.08. The molecule has 0 aliphatic heterocycles. The molecule has 1 aliphatic carbocycles. The van der Waals surface area contributed by atoms with E-state index in [1.165, 1.54) is 54.4 Å². The largest absolute Gasteiger partial charge is 0.427 e. The summed E-state index contributed by atoms with van der Waals surface area (Å²) in [6.45, 7) is 4.42. The van der Waals surface area contributed by atoms with Gasteiger partial charge in [0.2, 0.25) is 0 Å². The Morgan fingerprint density at radius 2 is 1.74 bits per heavy atom. The molecule has 0 N–H and O–H groups in total. The van der Waals surface area contributed by atoms with Crippen LogP contribution in [-0.2, 0) is 17.6 Å². The van der Waals surface area contributed by atoms with Crippen LogP contribution in [0, 0.1) is 5.92 Å². The first-order chi connectivity index (χ1) is 13.2. The minimum atomic E-state index is -0.133. The topological polar surface area (TPSA) is 26.3 Å². The lowest BCUT2D eigenvalue weighted by atomic mass is 9.81. The van der Waals surface area contributed by atoms with E-state index in [1.54, 1.807) is 0 Å². The van der Waals surface area contributed by atoms with E-state index >= 15 is 0 Å². The minimum Gasteiger partial charge on any atom is -0.427 e. The molecular weight excluding hydrogens is 332 g/mol. The number of hydrogen-bond acceptors (Lipinski definition) is 2. The van der Waals surface area contributed by atoms with E-state index in [0.29, 0.717) is 12.2 Å². The van der Waals surface area contributed by atoms with Gasteiger partial charge in [-0.05, 0) is 66.0 Å². The normalized spacial score (nSPS) is 16.0. The Hall–Kier alpha value is -2.09. The van der Waals surface area contributed by atoms with Gasteiger partial charge in [0, 0.05) is 6.42 Å². The second-order valence-corrected chi connectivity index (χ2v) is 7.84. The highest BCUT2D eigenvalue weighted by Crippen LogP contribution is 2.32. The molecule has 27 heavy (non-hydrogen) atoms. The standard InChI is InChI=1S/C25H32O2/c1-3-5-6-8-25(26)27-24-15-13-20(14-16-24)22-12-11-21-17-19(7-4-2)9-10-23(21)18-22/h11-16,18-19H,3-10,17H2,1-2H3. The van der Waals surface area contributed by atoms with E-state index in [1.807, 2.05) is 12.1 Å². The fraction of sp³-hybridized carbons (Fsp3) is 0.480. The summed E-state index contributed by atoms with van der Waals surface area (Å²) in [7, 11) is 0. The van der Waals surface area contributed by atoms with Crippen LogP contribution in [-0.4, -0.2) is 5.97 Å². The van der Waals surface area contributed by atoms with Crippen molar-refractivity contribution in [2.45, 2.75) is 71.6 Å². The third kappa shape index (κ3) is 5.45. The maximum atomic E-state index is 11.9. The molecule has 0 radical (unpaired) electrons. The Morgan fingerprint density at radius 3 is 2.48 bits per heavy atom. The summed E-state index contributed by atoms with van der Waals surface area (Å²) < 4.78 is 5.44. The first kappa shape index (κ1) is 19.7. The lowest BCUT2D eigenvalue weighted by Crippen LogP contribution is -2.14. The molecule has 1 unspecified atom stereocenters. The first-order valence-electron chi connectivity index (χ1n) is 10.6. The minimum absolute atomic E-state index is 0.133. The number of fused-ring (bicyclic) bond motifs is 1. The Kier molecular flexibility index (Phi) is 7.09. The maximum absolute atomic E-state index is 11.9. The number of aryl methyl sites for hydroxylation is 1. The molecule has 0 heterocycles. The Morgan fingerprint density at radius 1 is 0.963 bits per heavy atom. The number of carbonyl (C=O) groups excluding carboxylic acids is 1. The summed E-state index contributed by atoms with van der Waals surface area (Å²) in [5.41, 5.74) is 5.47. The van der Waals surface area contributed by atoms with Crippen LogP contribution in [0.4, 0.5) is 0 Å². The number of carbonyl (C=O) groups is 1. The second-order valence-electron chi connectivity index (χ2n) is 7.84. The second kappa shape index (κ2) is 9.73. The molecule has 1 aliphatic rings. The molecule has 3 rings (SSSR count). The zero-order valence-electron chi connectivity index (χ0n) is 16.8. The van der Waals surface area contributed by atoms with Gasteiger partial charge in [0.1, 0.15) is 5.75 Å². The fourth-order valence-electron chi connectivity index (χ4n) is 4.08. The van der Waals surface area contributed by atoms with Gasteiger partial charge < -0.3 is 4.74 Å². The molecule has 0 amide bonds. The predicted molar refractivity (Wildman–Crippen MR) is 112 cm³/mol. The van der Waals surface area contributed by atoms with Crippen molar-refractivity contribution in [2.24, 2.45) is 5.92 Å². The van der Waals surface area contributed by atoms with Crippen molar-refractivity contribution in [2.75, 3.05) is 0 Å². The third-order valence-electron chi connectivity index (χ3n) is 5.64. The van der Waals surface area contributed by atoms with Crippen molar-refractivity contribution in [3.05, 3.63) is 53.6 Å². The average molecular weight is 365 g/mol. The number of unbranched alkanes of at least 4 members (excludes halogenated alkanes) is 2. The smallest absolute Gasteiger partial charge is 0.311 e. The highest BCUT2D eigenvalue weighted by Gasteiger charge is 2.18. The van der Waals surface area contributed by atoms with Gasteiger partial charge in [0.15, 0.2) is 0 Å². The van der Waals surface area contributed by atoms with Crippen molar-refractivity contribution in [3.8, 4) is 16.9 Å². The molecule has 0 fully saturated rings.